The van der Waals surface area contributed by atoms with Crippen molar-refractivity contribution in [3.63, 3.8) is 0 Å². The second-order valence-corrected chi connectivity index (χ2v) is 5.38. The van der Waals surface area contributed by atoms with E-state index in [1.807, 2.05) is 0 Å². The molecular formula is C15H20O3. The van der Waals surface area contributed by atoms with Gasteiger partial charge in [-0.05, 0) is 36.0 Å². The van der Waals surface area contributed by atoms with E-state index in [0.29, 0.717) is 13.2 Å². The normalized spacial score (nSPS) is 31.3. The smallest absolute Gasteiger partial charge is 0.316 e. The average Bonchev–Trinajstić information content (AvgIpc) is 2.98. The number of ether oxygens (including phenoxy) is 2. The molecule has 0 saturated carbocycles. The molecule has 0 N–H and O–H groups in total. The Balaban J connectivity index is 2.15. The molecule has 0 aromatic heterocycles. The Bertz CT molecular complexity index is 458. The molecule has 1 unspecified atom stereocenters. The van der Waals surface area contributed by atoms with Crippen LogP contribution in [0.5, 0.6) is 0 Å². The number of hydrogen-bond acceptors (Lipinski definition) is 3. The quantitative estimate of drug-likeness (QED) is 0.705. The molecule has 2 heterocycles. The van der Waals surface area contributed by atoms with E-state index in [0.717, 1.165) is 32.3 Å². The van der Waals surface area contributed by atoms with Crippen molar-refractivity contribution in [2.75, 3.05) is 19.8 Å². The Morgan fingerprint density at radius 2 is 1.94 bits per heavy atom. The first-order chi connectivity index (χ1) is 8.73. The van der Waals surface area contributed by atoms with Gasteiger partial charge in [-0.2, -0.15) is 0 Å². The maximum absolute atomic E-state index is 12.3. The summed E-state index contributed by atoms with van der Waals surface area (Å²) in [5.74, 6) is -0.0104. The fourth-order valence-corrected chi connectivity index (χ4v) is 3.76. The van der Waals surface area contributed by atoms with Crippen molar-refractivity contribution in [3.8, 4) is 0 Å². The average molecular weight is 248 g/mol. The number of fused-ring (bicyclic) bond motifs is 1. The number of esters is 1. The van der Waals surface area contributed by atoms with Crippen molar-refractivity contribution in [2.24, 2.45) is 5.41 Å². The van der Waals surface area contributed by atoms with E-state index in [1.165, 1.54) is 22.3 Å². The first kappa shape index (κ1) is 12.0. The Morgan fingerprint density at radius 1 is 1.17 bits per heavy atom. The minimum atomic E-state index is -0.355. The molecule has 0 radical (unpaired) electrons. The first-order valence-electron chi connectivity index (χ1n) is 6.91. The Labute approximate surface area is 108 Å². The van der Waals surface area contributed by atoms with E-state index in [9.17, 15) is 4.79 Å². The topological polar surface area (TPSA) is 35.5 Å². The Kier molecular flexibility index (Phi) is 2.81. The van der Waals surface area contributed by atoms with E-state index < -0.39 is 0 Å². The Morgan fingerprint density at radius 3 is 2.56 bits per heavy atom. The molecular weight excluding hydrogens is 228 g/mol. The summed E-state index contributed by atoms with van der Waals surface area (Å²) < 4.78 is 10.9. The van der Waals surface area contributed by atoms with Crippen LogP contribution in [0.15, 0.2) is 22.3 Å². The Hall–Kier alpha value is -1.09. The van der Waals surface area contributed by atoms with E-state index in [4.69, 9.17) is 9.47 Å². The lowest BCUT2D eigenvalue weighted by Gasteiger charge is -2.35. The lowest BCUT2D eigenvalue weighted by Crippen LogP contribution is -2.33. The molecule has 1 atom stereocenters. The number of allylic oxidation sites excluding steroid dienone is 1. The van der Waals surface area contributed by atoms with E-state index in [2.05, 4.69) is 13.8 Å². The standard InChI is InChI=1S/C15H20O3/c1-3-10-7-15(5-6-18-14(15)16)13(4-2)12-9-17-8-11(10)12/h3-9H2,1-2H3. The summed E-state index contributed by atoms with van der Waals surface area (Å²) >= 11 is 0. The summed E-state index contributed by atoms with van der Waals surface area (Å²) in [6.45, 7) is 6.29. The SMILES string of the molecule is CCC1=C2COCC2=C(CC)C2(CCOC2=O)C1. The monoisotopic (exact) mass is 248 g/mol. The van der Waals surface area contributed by atoms with Crippen LogP contribution >= 0.6 is 0 Å². The fraction of sp³-hybridized carbons (Fsp3) is 0.667. The van der Waals surface area contributed by atoms with Gasteiger partial charge in [-0.3, -0.25) is 4.79 Å². The second kappa shape index (κ2) is 4.23. The summed E-state index contributed by atoms with van der Waals surface area (Å²) in [6.07, 6.45) is 3.63. The highest BCUT2D eigenvalue weighted by atomic mass is 16.5. The molecule has 1 spiro atoms. The molecule has 3 rings (SSSR count). The number of carbonyl (C=O) groups excluding carboxylic acids is 1. The lowest BCUT2D eigenvalue weighted by atomic mass is 9.66. The van der Waals surface area contributed by atoms with Gasteiger partial charge in [0.2, 0.25) is 0 Å². The highest BCUT2D eigenvalue weighted by molar-refractivity contribution is 5.84. The maximum atomic E-state index is 12.3. The molecule has 0 bridgehead atoms. The van der Waals surface area contributed by atoms with Crippen molar-refractivity contribution in [2.45, 2.75) is 39.5 Å². The molecule has 18 heavy (non-hydrogen) atoms. The zero-order chi connectivity index (χ0) is 12.8. The van der Waals surface area contributed by atoms with Gasteiger partial charge < -0.3 is 9.47 Å². The molecule has 3 nitrogen and oxygen atoms in total. The molecule has 0 amide bonds. The molecule has 2 saturated heterocycles. The summed E-state index contributed by atoms with van der Waals surface area (Å²) in [6, 6.07) is 0. The first-order valence-corrected chi connectivity index (χ1v) is 6.91. The molecule has 0 aromatic rings. The number of carbonyl (C=O) groups is 1. The molecule has 3 aliphatic rings. The van der Waals surface area contributed by atoms with Crippen LogP contribution in [0.3, 0.4) is 0 Å². The van der Waals surface area contributed by atoms with Crippen molar-refractivity contribution in [1.82, 2.24) is 0 Å². The third-order valence-electron chi connectivity index (χ3n) is 4.67. The zero-order valence-electron chi connectivity index (χ0n) is 11.2. The van der Waals surface area contributed by atoms with Gasteiger partial charge in [0, 0.05) is 6.42 Å². The summed E-state index contributed by atoms with van der Waals surface area (Å²) in [7, 11) is 0. The molecule has 1 aliphatic carbocycles. The van der Waals surface area contributed by atoms with Gasteiger partial charge >= 0.3 is 5.97 Å². The van der Waals surface area contributed by atoms with E-state index in [-0.39, 0.29) is 11.4 Å². The third-order valence-corrected chi connectivity index (χ3v) is 4.67. The molecule has 0 aromatic carbocycles. The highest BCUT2D eigenvalue weighted by Gasteiger charge is 2.51. The predicted molar refractivity (Wildman–Crippen MR) is 68.1 cm³/mol. The van der Waals surface area contributed by atoms with Crippen LogP contribution in [0.2, 0.25) is 0 Å². The predicted octanol–water partition coefficient (Wildman–Crippen LogP) is 2.77. The summed E-state index contributed by atoms with van der Waals surface area (Å²) in [5.41, 5.74) is 5.01. The lowest BCUT2D eigenvalue weighted by molar-refractivity contribution is -0.144. The van der Waals surface area contributed by atoms with Crippen molar-refractivity contribution in [1.29, 1.82) is 0 Å². The zero-order valence-corrected chi connectivity index (χ0v) is 11.2. The van der Waals surface area contributed by atoms with Crippen LogP contribution in [-0.4, -0.2) is 25.8 Å². The van der Waals surface area contributed by atoms with Gasteiger partial charge in [0.25, 0.3) is 0 Å². The molecule has 2 fully saturated rings. The molecule has 2 aliphatic heterocycles. The van der Waals surface area contributed by atoms with Gasteiger partial charge in [-0.15, -0.1) is 0 Å². The van der Waals surface area contributed by atoms with Gasteiger partial charge in [0.15, 0.2) is 0 Å². The fourth-order valence-electron chi connectivity index (χ4n) is 3.76. The van der Waals surface area contributed by atoms with Crippen LogP contribution in [0.1, 0.15) is 39.5 Å². The minimum absolute atomic E-state index is 0.0104. The van der Waals surface area contributed by atoms with E-state index >= 15 is 0 Å². The van der Waals surface area contributed by atoms with Crippen LogP contribution in [0.25, 0.3) is 0 Å². The molecule has 3 heteroatoms. The number of rotatable bonds is 2. The van der Waals surface area contributed by atoms with Crippen molar-refractivity contribution >= 4 is 5.97 Å². The maximum Gasteiger partial charge on any atom is 0.316 e. The second-order valence-electron chi connectivity index (χ2n) is 5.38. The van der Waals surface area contributed by atoms with Crippen LogP contribution in [-0.2, 0) is 14.3 Å². The van der Waals surface area contributed by atoms with Crippen LogP contribution < -0.4 is 0 Å². The summed E-state index contributed by atoms with van der Waals surface area (Å²) in [5, 5.41) is 0. The summed E-state index contributed by atoms with van der Waals surface area (Å²) in [4.78, 5) is 12.3. The third kappa shape index (κ3) is 1.43. The van der Waals surface area contributed by atoms with Gasteiger partial charge in [-0.1, -0.05) is 19.4 Å². The highest BCUT2D eigenvalue weighted by Crippen LogP contribution is 2.52. The van der Waals surface area contributed by atoms with Crippen LogP contribution in [0.4, 0.5) is 0 Å². The minimum Gasteiger partial charge on any atom is -0.465 e. The molecule has 98 valence electrons. The van der Waals surface area contributed by atoms with E-state index in [1.54, 1.807) is 0 Å². The largest absolute Gasteiger partial charge is 0.465 e. The van der Waals surface area contributed by atoms with Crippen molar-refractivity contribution < 1.29 is 14.3 Å². The number of hydrogen-bond donors (Lipinski definition) is 0. The van der Waals surface area contributed by atoms with Gasteiger partial charge in [0.05, 0.1) is 25.2 Å². The van der Waals surface area contributed by atoms with Gasteiger partial charge in [-0.25, -0.2) is 0 Å². The van der Waals surface area contributed by atoms with Crippen LogP contribution in [0, 0.1) is 5.41 Å². The number of cyclic esters (lactones) is 1. The van der Waals surface area contributed by atoms with Gasteiger partial charge in [0.1, 0.15) is 0 Å². The van der Waals surface area contributed by atoms with Crippen molar-refractivity contribution in [3.05, 3.63) is 22.3 Å².